The van der Waals surface area contributed by atoms with E-state index < -0.39 is 5.60 Å². The van der Waals surface area contributed by atoms with Crippen LogP contribution in [0.3, 0.4) is 0 Å². The first-order valence-electron chi connectivity index (χ1n) is 9.88. The van der Waals surface area contributed by atoms with Gasteiger partial charge in [0.05, 0.1) is 12.1 Å². The Morgan fingerprint density at radius 1 is 1.04 bits per heavy atom. The zero-order chi connectivity index (χ0) is 18.1. The second-order valence-electron chi connectivity index (χ2n) is 8.43. The maximum absolute atomic E-state index is 12.1. The van der Waals surface area contributed by atoms with Gasteiger partial charge >= 0.3 is 6.09 Å². The van der Waals surface area contributed by atoms with Gasteiger partial charge in [-0.05, 0) is 40.5 Å². The number of nitrogens with zero attached hydrogens (tertiary/aromatic N) is 1. The molecule has 1 rings (SSSR count). The number of ether oxygens (including phenoxy) is 2. The molecule has 1 atom stereocenters. The highest BCUT2D eigenvalue weighted by Crippen LogP contribution is 2.26. The molecule has 1 amide bonds. The van der Waals surface area contributed by atoms with Crippen LogP contribution in [0.2, 0.25) is 0 Å². The first-order chi connectivity index (χ1) is 11.3. The molecule has 0 saturated carbocycles. The molecule has 0 radical (unpaired) electrons. The first kappa shape index (κ1) is 21.3. The first-order valence-corrected chi connectivity index (χ1v) is 9.88. The van der Waals surface area contributed by atoms with Crippen LogP contribution in [0.4, 0.5) is 4.79 Å². The molecule has 0 spiro atoms. The fourth-order valence-corrected chi connectivity index (χ4v) is 3.09. The average Bonchev–Trinajstić information content (AvgIpc) is 2.87. The summed E-state index contributed by atoms with van der Waals surface area (Å²) in [6.45, 7) is 12.2. The second kappa shape index (κ2) is 10.3. The molecule has 1 saturated heterocycles. The van der Waals surface area contributed by atoms with Crippen LogP contribution in [0.1, 0.15) is 92.4 Å². The Morgan fingerprint density at radius 2 is 1.62 bits per heavy atom. The number of carbonyl (C=O) groups is 1. The van der Waals surface area contributed by atoms with Crippen LogP contribution in [-0.2, 0) is 9.47 Å². The maximum Gasteiger partial charge on any atom is 0.410 e. The summed E-state index contributed by atoms with van der Waals surface area (Å²) >= 11 is 0. The number of unbranched alkanes of at least 4 members (excludes halogenated alkanes) is 7. The smallest absolute Gasteiger partial charge is 0.410 e. The van der Waals surface area contributed by atoms with E-state index in [-0.39, 0.29) is 11.7 Å². The van der Waals surface area contributed by atoms with E-state index >= 15 is 0 Å². The molecule has 1 unspecified atom stereocenters. The van der Waals surface area contributed by atoms with Gasteiger partial charge in [0.1, 0.15) is 5.60 Å². The monoisotopic (exact) mass is 341 g/mol. The van der Waals surface area contributed by atoms with Crippen molar-refractivity contribution < 1.29 is 14.3 Å². The number of likely N-dealkylation sites (tertiary alicyclic amines) is 1. The third-order valence-corrected chi connectivity index (χ3v) is 4.54. The Labute approximate surface area is 149 Å². The van der Waals surface area contributed by atoms with E-state index in [0.29, 0.717) is 6.54 Å². The summed E-state index contributed by atoms with van der Waals surface area (Å²) in [4.78, 5) is 13.9. The Hall–Kier alpha value is -0.770. The second-order valence-corrected chi connectivity index (χ2v) is 8.43. The van der Waals surface area contributed by atoms with Gasteiger partial charge in [0, 0.05) is 13.2 Å². The third-order valence-electron chi connectivity index (χ3n) is 4.54. The quantitative estimate of drug-likeness (QED) is 0.489. The molecule has 1 aliphatic heterocycles. The highest BCUT2D eigenvalue weighted by atomic mass is 16.6. The molecule has 4 nitrogen and oxygen atoms in total. The predicted molar refractivity (Wildman–Crippen MR) is 99.4 cm³/mol. The minimum Gasteiger partial charge on any atom is -0.444 e. The molecule has 4 heteroatoms. The Kier molecular flexibility index (Phi) is 9.11. The van der Waals surface area contributed by atoms with Crippen LogP contribution in [0, 0.1) is 0 Å². The van der Waals surface area contributed by atoms with Crippen LogP contribution in [0.15, 0.2) is 0 Å². The summed E-state index contributed by atoms with van der Waals surface area (Å²) in [6, 6.07) is 0. The fourth-order valence-electron chi connectivity index (χ4n) is 3.09. The van der Waals surface area contributed by atoms with E-state index in [0.717, 1.165) is 26.0 Å². The zero-order valence-corrected chi connectivity index (χ0v) is 16.7. The fraction of sp³-hybridized carbons (Fsp3) is 0.950. The summed E-state index contributed by atoms with van der Waals surface area (Å²) in [6.07, 6.45) is 11.1. The molecular formula is C20H39NO3. The van der Waals surface area contributed by atoms with Crippen molar-refractivity contribution in [1.82, 2.24) is 4.90 Å². The van der Waals surface area contributed by atoms with Crippen LogP contribution < -0.4 is 0 Å². The lowest BCUT2D eigenvalue weighted by atomic mass is 10.1. The Bertz CT molecular complexity index is 364. The molecular weight excluding hydrogens is 302 g/mol. The molecule has 0 aliphatic carbocycles. The minimum absolute atomic E-state index is 0.210. The number of hydrogen-bond acceptors (Lipinski definition) is 3. The number of hydrogen-bond donors (Lipinski definition) is 0. The van der Waals surface area contributed by atoms with E-state index in [1.54, 1.807) is 4.90 Å². The molecule has 0 aromatic heterocycles. The molecule has 1 aliphatic rings. The van der Waals surface area contributed by atoms with Crippen molar-refractivity contribution in [3.8, 4) is 0 Å². The highest BCUT2D eigenvalue weighted by molar-refractivity contribution is 5.68. The molecule has 0 N–H and O–H groups in total. The van der Waals surface area contributed by atoms with Gasteiger partial charge in [-0.3, -0.25) is 0 Å². The Morgan fingerprint density at radius 3 is 2.21 bits per heavy atom. The average molecular weight is 342 g/mol. The van der Waals surface area contributed by atoms with Crippen molar-refractivity contribution in [2.75, 3.05) is 19.7 Å². The molecule has 0 aromatic rings. The Balaban J connectivity index is 2.12. The van der Waals surface area contributed by atoms with Gasteiger partial charge in [0.25, 0.3) is 0 Å². The zero-order valence-electron chi connectivity index (χ0n) is 16.7. The summed E-state index contributed by atoms with van der Waals surface area (Å²) in [5.41, 5.74) is -0.647. The molecule has 0 aromatic carbocycles. The molecule has 142 valence electrons. The number of rotatable bonds is 10. The van der Waals surface area contributed by atoms with E-state index in [2.05, 4.69) is 13.8 Å². The SMILES string of the molecule is CCCCCCCCCCOC1(C)CCN(C(=O)OC(C)(C)C)C1. The van der Waals surface area contributed by atoms with Gasteiger partial charge in [0.15, 0.2) is 0 Å². The molecule has 24 heavy (non-hydrogen) atoms. The van der Waals surface area contributed by atoms with Crippen LogP contribution >= 0.6 is 0 Å². The van der Waals surface area contributed by atoms with Crippen molar-refractivity contribution in [3.05, 3.63) is 0 Å². The summed E-state index contributed by atoms with van der Waals surface area (Å²) < 4.78 is 11.5. The van der Waals surface area contributed by atoms with E-state index in [9.17, 15) is 4.79 Å². The van der Waals surface area contributed by atoms with Gasteiger partial charge in [-0.2, -0.15) is 0 Å². The maximum atomic E-state index is 12.1. The third kappa shape index (κ3) is 8.91. The van der Waals surface area contributed by atoms with Gasteiger partial charge in [-0.25, -0.2) is 4.79 Å². The van der Waals surface area contributed by atoms with E-state index in [4.69, 9.17) is 9.47 Å². The van der Waals surface area contributed by atoms with Gasteiger partial charge < -0.3 is 14.4 Å². The summed E-state index contributed by atoms with van der Waals surface area (Å²) in [5, 5.41) is 0. The standard InChI is InChI=1S/C20H39NO3/c1-6-7-8-9-10-11-12-13-16-23-20(5)14-15-21(17-20)18(22)24-19(2,3)4/h6-17H2,1-5H3. The number of amides is 1. The largest absolute Gasteiger partial charge is 0.444 e. The lowest BCUT2D eigenvalue weighted by molar-refractivity contribution is -0.0286. The van der Waals surface area contributed by atoms with Gasteiger partial charge in [-0.1, -0.05) is 51.9 Å². The number of carbonyl (C=O) groups excluding carboxylic acids is 1. The van der Waals surface area contributed by atoms with Crippen molar-refractivity contribution in [1.29, 1.82) is 0 Å². The molecule has 1 fully saturated rings. The molecule has 0 bridgehead atoms. The van der Waals surface area contributed by atoms with Crippen LogP contribution in [0.25, 0.3) is 0 Å². The van der Waals surface area contributed by atoms with E-state index in [1.807, 2.05) is 20.8 Å². The van der Waals surface area contributed by atoms with Gasteiger partial charge in [0.2, 0.25) is 0 Å². The highest BCUT2D eigenvalue weighted by Gasteiger charge is 2.38. The van der Waals surface area contributed by atoms with Gasteiger partial charge in [-0.15, -0.1) is 0 Å². The lowest BCUT2D eigenvalue weighted by Gasteiger charge is -2.27. The van der Waals surface area contributed by atoms with Crippen LogP contribution in [0.5, 0.6) is 0 Å². The lowest BCUT2D eigenvalue weighted by Crippen LogP contribution is -2.39. The van der Waals surface area contributed by atoms with Crippen molar-refractivity contribution in [3.63, 3.8) is 0 Å². The summed E-state index contributed by atoms with van der Waals surface area (Å²) in [5.74, 6) is 0. The van der Waals surface area contributed by atoms with Crippen molar-refractivity contribution >= 4 is 6.09 Å². The minimum atomic E-state index is -0.436. The predicted octanol–water partition coefficient (Wildman–Crippen LogP) is 5.54. The van der Waals surface area contributed by atoms with E-state index in [1.165, 1.54) is 44.9 Å². The van der Waals surface area contributed by atoms with Crippen molar-refractivity contribution in [2.24, 2.45) is 0 Å². The molecule has 1 heterocycles. The topological polar surface area (TPSA) is 38.8 Å². The van der Waals surface area contributed by atoms with Crippen molar-refractivity contribution in [2.45, 2.75) is 104 Å². The van der Waals surface area contributed by atoms with Crippen LogP contribution in [-0.4, -0.2) is 41.9 Å². The summed E-state index contributed by atoms with van der Waals surface area (Å²) in [7, 11) is 0. The normalized spacial score (nSPS) is 21.3.